The van der Waals surface area contributed by atoms with E-state index in [1.54, 1.807) is 0 Å². The van der Waals surface area contributed by atoms with Crippen LogP contribution in [0.25, 0.3) is 0 Å². The van der Waals surface area contributed by atoms with Crippen LogP contribution >= 0.6 is 12.2 Å². The molecule has 0 fully saturated rings. The van der Waals surface area contributed by atoms with E-state index in [1.807, 2.05) is 6.92 Å². The van der Waals surface area contributed by atoms with Crippen LogP contribution in [0.5, 0.6) is 0 Å². The largest absolute Gasteiger partial charge is 0.469 e. The Morgan fingerprint density at radius 3 is 2.67 bits per heavy atom. The summed E-state index contributed by atoms with van der Waals surface area (Å²) in [5.74, 6) is -0.234. The Balaban J connectivity index is 3.30. The summed E-state index contributed by atoms with van der Waals surface area (Å²) in [5, 5.41) is 6.34. The number of hydrogen-bond donors (Lipinski definition) is 2. The molecule has 0 radical (unpaired) electrons. The molecule has 0 amide bonds. The fraction of sp³-hybridized carbons (Fsp3) is 0.714. The Morgan fingerprint density at radius 2 is 2.17 bits per heavy atom. The fourth-order valence-electron chi connectivity index (χ4n) is 0.603. The van der Waals surface area contributed by atoms with E-state index in [1.165, 1.54) is 7.11 Å². The van der Waals surface area contributed by atoms with Crippen LogP contribution in [0.2, 0.25) is 0 Å². The van der Waals surface area contributed by atoms with Gasteiger partial charge in [0.05, 0.1) is 13.5 Å². The van der Waals surface area contributed by atoms with Crippen molar-refractivity contribution in [1.82, 2.24) is 10.6 Å². The highest BCUT2D eigenvalue weighted by molar-refractivity contribution is 7.80. The van der Waals surface area contributed by atoms with Crippen molar-refractivity contribution in [2.45, 2.75) is 13.3 Å². The second-order valence-corrected chi connectivity index (χ2v) is 2.52. The number of ether oxygens (including phenoxy) is 1. The van der Waals surface area contributed by atoms with Crippen molar-refractivity contribution in [3.05, 3.63) is 0 Å². The van der Waals surface area contributed by atoms with Gasteiger partial charge in [-0.1, -0.05) is 0 Å². The number of rotatable bonds is 4. The summed E-state index contributed by atoms with van der Waals surface area (Å²) < 4.78 is 4.45. The first kappa shape index (κ1) is 11.2. The van der Waals surface area contributed by atoms with Gasteiger partial charge in [-0.05, 0) is 19.1 Å². The number of hydrogen-bond acceptors (Lipinski definition) is 3. The highest BCUT2D eigenvalue weighted by Gasteiger charge is 1.99. The molecule has 0 saturated heterocycles. The van der Waals surface area contributed by atoms with E-state index in [-0.39, 0.29) is 5.97 Å². The summed E-state index contributed by atoms with van der Waals surface area (Å²) in [6, 6.07) is 0. The molecule has 0 heterocycles. The second-order valence-electron chi connectivity index (χ2n) is 2.11. The summed E-state index contributed by atoms with van der Waals surface area (Å²) in [6.07, 6.45) is 0.335. The van der Waals surface area contributed by atoms with Crippen LogP contribution in [0.15, 0.2) is 0 Å². The molecule has 0 aliphatic rings. The first-order valence-corrected chi connectivity index (χ1v) is 4.20. The molecule has 2 N–H and O–H groups in total. The Bertz CT molecular complexity index is 161. The molecule has 0 unspecified atom stereocenters. The third-order valence-electron chi connectivity index (χ3n) is 1.18. The highest BCUT2D eigenvalue weighted by atomic mass is 32.1. The number of thiocarbonyl (C=S) groups is 1. The van der Waals surface area contributed by atoms with Gasteiger partial charge in [-0.25, -0.2) is 0 Å². The summed E-state index contributed by atoms with van der Waals surface area (Å²) in [6.45, 7) is 3.25. The molecule has 0 aliphatic heterocycles. The molecule has 0 saturated carbocycles. The third kappa shape index (κ3) is 5.91. The molecule has 12 heavy (non-hydrogen) atoms. The van der Waals surface area contributed by atoms with Crippen LogP contribution < -0.4 is 10.6 Å². The lowest BCUT2D eigenvalue weighted by Gasteiger charge is -2.06. The minimum Gasteiger partial charge on any atom is -0.469 e. The number of methoxy groups -OCH3 is 1. The van der Waals surface area contributed by atoms with Crippen LogP contribution in [0, 0.1) is 0 Å². The minimum absolute atomic E-state index is 0.234. The molecule has 70 valence electrons. The second kappa shape index (κ2) is 6.84. The summed E-state index contributed by atoms with van der Waals surface area (Å²) in [4.78, 5) is 10.6. The van der Waals surface area contributed by atoms with E-state index < -0.39 is 0 Å². The van der Waals surface area contributed by atoms with E-state index in [0.29, 0.717) is 18.1 Å². The van der Waals surface area contributed by atoms with Crippen LogP contribution in [0.1, 0.15) is 13.3 Å². The molecule has 4 nitrogen and oxygen atoms in total. The summed E-state index contributed by atoms with van der Waals surface area (Å²) >= 11 is 4.87. The van der Waals surface area contributed by atoms with Crippen molar-refractivity contribution in [1.29, 1.82) is 0 Å². The molecular formula is C7H14N2O2S. The monoisotopic (exact) mass is 190 g/mol. The van der Waals surface area contributed by atoms with Gasteiger partial charge in [-0.2, -0.15) is 0 Å². The predicted molar refractivity (Wildman–Crippen MR) is 50.9 cm³/mol. The lowest BCUT2D eigenvalue weighted by molar-refractivity contribution is -0.140. The lowest BCUT2D eigenvalue weighted by Crippen LogP contribution is -2.36. The van der Waals surface area contributed by atoms with Gasteiger partial charge in [-0.15, -0.1) is 0 Å². The maximum Gasteiger partial charge on any atom is 0.307 e. The standard InChI is InChI=1S/C7H14N2O2S/c1-3-8-7(12)9-5-4-6(10)11-2/h3-5H2,1-2H3,(H2,8,9,12). The maximum atomic E-state index is 10.6. The first-order chi connectivity index (χ1) is 5.70. The quantitative estimate of drug-likeness (QED) is 0.484. The molecule has 0 bridgehead atoms. The smallest absolute Gasteiger partial charge is 0.307 e. The van der Waals surface area contributed by atoms with Gasteiger partial charge in [0.1, 0.15) is 0 Å². The van der Waals surface area contributed by atoms with E-state index in [0.717, 1.165) is 6.54 Å². The van der Waals surface area contributed by atoms with Crippen LogP contribution in [0.3, 0.4) is 0 Å². The molecular weight excluding hydrogens is 176 g/mol. The van der Waals surface area contributed by atoms with Crippen molar-refractivity contribution in [2.75, 3.05) is 20.2 Å². The third-order valence-corrected chi connectivity index (χ3v) is 1.47. The zero-order chi connectivity index (χ0) is 9.40. The highest BCUT2D eigenvalue weighted by Crippen LogP contribution is 1.80. The van der Waals surface area contributed by atoms with E-state index in [2.05, 4.69) is 15.4 Å². The molecule has 0 rings (SSSR count). The van der Waals surface area contributed by atoms with Gasteiger partial charge in [0.15, 0.2) is 5.11 Å². The average molecular weight is 190 g/mol. The summed E-state index contributed by atoms with van der Waals surface area (Å²) in [7, 11) is 1.37. The number of carbonyl (C=O) groups is 1. The Kier molecular flexibility index (Phi) is 6.37. The van der Waals surface area contributed by atoms with Gasteiger partial charge < -0.3 is 15.4 Å². The molecule has 0 aromatic rings. The fourth-order valence-corrected chi connectivity index (χ4v) is 0.850. The van der Waals surface area contributed by atoms with Crippen LogP contribution in [-0.2, 0) is 9.53 Å². The van der Waals surface area contributed by atoms with Gasteiger partial charge in [0, 0.05) is 13.1 Å². The predicted octanol–water partition coefficient (Wildman–Crippen LogP) is 0.0335. The SMILES string of the molecule is CCNC(=S)NCCC(=O)OC. The van der Waals surface area contributed by atoms with Crippen LogP contribution in [-0.4, -0.2) is 31.3 Å². The number of esters is 1. The van der Waals surface area contributed by atoms with Crippen LogP contribution in [0.4, 0.5) is 0 Å². The molecule has 0 atom stereocenters. The van der Waals surface area contributed by atoms with Crippen molar-refractivity contribution < 1.29 is 9.53 Å². The van der Waals surface area contributed by atoms with Gasteiger partial charge >= 0.3 is 5.97 Å². The average Bonchev–Trinajstić information content (AvgIpc) is 2.04. The van der Waals surface area contributed by atoms with Crippen molar-refractivity contribution in [2.24, 2.45) is 0 Å². The Morgan fingerprint density at radius 1 is 1.50 bits per heavy atom. The van der Waals surface area contributed by atoms with Crippen molar-refractivity contribution in [3.63, 3.8) is 0 Å². The van der Waals surface area contributed by atoms with Gasteiger partial charge in [-0.3, -0.25) is 4.79 Å². The molecule has 0 aromatic heterocycles. The molecule has 5 heteroatoms. The van der Waals surface area contributed by atoms with Crippen molar-refractivity contribution >= 4 is 23.3 Å². The molecule has 0 aliphatic carbocycles. The Hall–Kier alpha value is -0.840. The zero-order valence-corrected chi connectivity index (χ0v) is 8.16. The maximum absolute atomic E-state index is 10.6. The normalized spacial score (nSPS) is 8.83. The molecule has 0 spiro atoms. The van der Waals surface area contributed by atoms with Gasteiger partial charge in [0.2, 0.25) is 0 Å². The first-order valence-electron chi connectivity index (χ1n) is 3.79. The zero-order valence-electron chi connectivity index (χ0n) is 7.35. The van der Waals surface area contributed by atoms with Crippen molar-refractivity contribution in [3.8, 4) is 0 Å². The van der Waals surface area contributed by atoms with E-state index in [9.17, 15) is 4.79 Å². The summed E-state index contributed by atoms with van der Waals surface area (Å²) in [5.41, 5.74) is 0. The number of carbonyl (C=O) groups excluding carboxylic acids is 1. The van der Waals surface area contributed by atoms with Gasteiger partial charge in [0.25, 0.3) is 0 Å². The minimum atomic E-state index is -0.234. The lowest BCUT2D eigenvalue weighted by atomic mass is 10.4. The van der Waals surface area contributed by atoms with E-state index in [4.69, 9.17) is 12.2 Å². The topological polar surface area (TPSA) is 50.4 Å². The van der Waals surface area contributed by atoms with E-state index >= 15 is 0 Å². The number of nitrogens with one attached hydrogen (secondary N) is 2. The molecule has 0 aromatic carbocycles. The Labute approximate surface area is 77.7 Å².